The first kappa shape index (κ1) is 47.5. The number of hydrazine groups is 1. The van der Waals surface area contributed by atoms with Gasteiger partial charge in [0.2, 0.25) is 0 Å². The van der Waals surface area contributed by atoms with Crippen LogP contribution >= 0.6 is 0 Å². The highest BCUT2D eigenvalue weighted by molar-refractivity contribution is 6.21. The van der Waals surface area contributed by atoms with E-state index in [-0.39, 0.29) is 44.7 Å². The van der Waals surface area contributed by atoms with Crippen molar-refractivity contribution in [3.05, 3.63) is 53.3 Å². The Morgan fingerprint density at radius 2 is 1.63 bits per heavy atom. The number of aliphatic hydroxyl groups excluding tert-OH is 2. The lowest BCUT2D eigenvalue weighted by atomic mass is 9.78. The van der Waals surface area contributed by atoms with Gasteiger partial charge in [-0.15, -0.1) is 0 Å². The molecule has 16 heteroatoms. The van der Waals surface area contributed by atoms with Gasteiger partial charge in [0, 0.05) is 87.9 Å². The number of allylic oxidation sites excluding steroid dienone is 2. The minimum Gasteiger partial charge on any atom is -0.507 e. The molecular weight excluding hydrogens is 778 g/mol. The number of ether oxygens (including phenoxy) is 5. The predicted octanol–water partition coefficient (Wildman–Crippen LogP) is 5.14. The molecule has 0 aliphatic carbocycles. The van der Waals surface area contributed by atoms with Crippen molar-refractivity contribution >= 4 is 40.0 Å². The van der Waals surface area contributed by atoms with E-state index in [1.165, 1.54) is 64.3 Å². The molecule has 0 aromatic heterocycles. The largest absolute Gasteiger partial charge is 0.507 e. The van der Waals surface area contributed by atoms with E-state index in [2.05, 4.69) is 5.32 Å². The third-order valence-corrected chi connectivity index (χ3v) is 11.4. The SMILES string of the molecule is CCCN(C(=O)COc1cc2c(O)c3c(O)c(C)c4c(c13)C(=O)[C@@](C)(O/C=C/[C@H](OC)[C@@H](C)[C@@H](OC(C)=O)[C@H](C)[C@H](O)[C@H](C)[C@@H](O)[C@@H](C)/C=C/C=C(/C)C(=O)N2)O4)N(C)C. The van der Waals surface area contributed by atoms with Gasteiger partial charge in [-0.2, -0.15) is 0 Å². The number of hydrogen-bond donors (Lipinski definition) is 5. The molecule has 2 amide bonds. The minimum atomic E-state index is -2.03. The summed E-state index contributed by atoms with van der Waals surface area (Å²) in [5.41, 5.74) is -0.0377. The molecule has 16 nitrogen and oxygen atoms in total. The summed E-state index contributed by atoms with van der Waals surface area (Å²) in [7, 11) is 4.85. The summed E-state index contributed by atoms with van der Waals surface area (Å²) in [6.07, 6.45) is 4.23. The number of nitrogens with one attached hydrogen (secondary N) is 1. The number of phenolic OH excluding ortho intramolecular Hbond substituents is 2. The Balaban J connectivity index is 1.94. The summed E-state index contributed by atoms with van der Waals surface area (Å²) in [6.45, 7) is 14.3. The Hall–Kier alpha value is -5.16. The number of aromatic hydroxyl groups is 2. The molecule has 5 N–H and O–H groups in total. The number of Topliss-reactive ketones (excluding diaryl/α,β-unsaturated/α-hetero) is 1. The maximum Gasteiger partial charge on any atom is 0.312 e. The molecule has 9 atom stereocenters. The summed E-state index contributed by atoms with van der Waals surface area (Å²) in [4.78, 5) is 53.9. The molecule has 2 aromatic rings. The van der Waals surface area contributed by atoms with Crippen molar-refractivity contribution in [3.63, 3.8) is 0 Å². The van der Waals surface area contributed by atoms with Crippen LogP contribution in [0.4, 0.5) is 5.69 Å². The second-order valence-corrected chi connectivity index (χ2v) is 16.1. The number of benzene rings is 2. The van der Waals surface area contributed by atoms with Gasteiger partial charge in [0.1, 0.15) is 23.4 Å². The van der Waals surface area contributed by atoms with Gasteiger partial charge in [-0.1, -0.05) is 52.8 Å². The highest BCUT2D eigenvalue weighted by Gasteiger charge is 2.50. The third kappa shape index (κ3) is 9.72. The molecular formula is C44H61N3O13. The minimum absolute atomic E-state index is 0.0646. The molecule has 3 aliphatic heterocycles. The van der Waals surface area contributed by atoms with Crippen LogP contribution < -0.4 is 14.8 Å². The molecule has 0 saturated carbocycles. The second-order valence-electron chi connectivity index (χ2n) is 16.1. The van der Waals surface area contributed by atoms with Crippen LogP contribution in [0.3, 0.4) is 0 Å². The van der Waals surface area contributed by atoms with Crippen molar-refractivity contribution in [2.75, 3.05) is 39.7 Å². The van der Waals surface area contributed by atoms with Crippen LogP contribution in [0.2, 0.25) is 0 Å². The summed E-state index contributed by atoms with van der Waals surface area (Å²) >= 11 is 0. The number of carbonyl (C=O) groups is 4. The molecule has 3 heterocycles. The molecule has 5 bridgehead atoms. The van der Waals surface area contributed by atoms with Crippen molar-refractivity contribution < 1.29 is 63.3 Å². The van der Waals surface area contributed by atoms with Crippen LogP contribution in [-0.4, -0.2) is 119 Å². The van der Waals surface area contributed by atoms with E-state index in [1.54, 1.807) is 59.0 Å². The van der Waals surface area contributed by atoms with Crippen LogP contribution in [0.1, 0.15) is 77.7 Å². The van der Waals surface area contributed by atoms with Crippen LogP contribution in [0.15, 0.2) is 42.2 Å². The Morgan fingerprint density at radius 1 is 0.967 bits per heavy atom. The van der Waals surface area contributed by atoms with Crippen LogP contribution in [0.5, 0.6) is 23.0 Å². The second kappa shape index (κ2) is 19.5. The van der Waals surface area contributed by atoms with E-state index in [9.17, 15) is 39.6 Å². The lowest BCUT2D eigenvalue weighted by Gasteiger charge is -2.38. The van der Waals surface area contributed by atoms with Gasteiger partial charge < -0.3 is 49.4 Å². The average molecular weight is 840 g/mol. The number of phenols is 2. The van der Waals surface area contributed by atoms with Crippen molar-refractivity contribution in [1.82, 2.24) is 10.0 Å². The van der Waals surface area contributed by atoms with E-state index in [4.69, 9.17) is 23.7 Å². The molecule has 2 aromatic carbocycles. The highest BCUT2D eigenvalue weighted by Crippen LogP contribution is 2.54. The van der Waals surface area contributed by atoms with Gasteiger partial charge in [0.25, 0.3) is 17.6 Å². The zero-order chi connectivity index (χ0) is 45.0. The van der Waals surface area contributed by atoms with Crippen molar-refractivity contribution in [2.24, 2.45) is 23.7 Å². The van der Waals surface area contributed by atoms with E-state index < -0.39 is 95.5 Å². The Bertz CT molecular complexity index is 2040. The van der Waals surface area contributed by atoms with Gasteiger partial charge in [-0.05, 0) is 26.3 Å². The lowest BCUT2D eigenvalue weighted by molar-refractivity contribution is -0.160. The zero-order valence-electron chi connectivity index (χ0n) is 36.6. The maximum absolute atomic E-state index is 14.5. The first-order valence-corrected chi connectivity index (χ1v) is 20.1. The number of fused-ring (bicyclic) bond motifs is 14. The number of esters is 1. The molecule has 60 heavy (non-hydrogen) atoms. The van der Waals surface area contributed by atoms with E-state index in [1.807, 2.05) is 6.92 Å². The number of ketones is 1. The summed E-state index contributed by atoms with van der Waals surface area (Å²) in [5, 5.41) is 51.6. The van der Waals surface area contributed by atoms with Gasteiger partial charge >= 0.3 is 11.8 Å². The monoisotopic (exact) mass is 839 g/mol. The van der Waals surface area contributed by atoms with Crippen LogP contribution in [0.25, 0.3) is 10.8 Å². The number of hydrogen-bond acceptors (Lipinski definition) is 14. The molecule has 0 fully saturated rings. The number of aliphatic hydroxyl groups is 2. The van der Waals surface area contributed by atoms with Crippen molar-refractivity contribution in [2.45, 2.75) is 98.9 Å². The van der Waals surface area contributed by atoms with Crippen molar-refractivity contribution in [1.29, 1.82) is 0 Å². The highest BCUT2D eigenvalue weighted by atomic mass is 16.7. The molecule has 5 rings (SSSR count). The predicted molar refractivity (Wildman–Crippen MR) is 223 cm³/mol. The van der Waals surface area contributed by atoms with Gasteiger partial charge in [-0.3, -0.25) is 24.2 Å². The molecule has 0 spiro atoms. The quantitative estimate of drug-likeness (QED) is 0.132. The fourth-order valence-corrected chi connectivity index (χ4v) is 7.72. The molecule has 330 valence electrons. The van der Waals surface area contributed by atoms with E-state index in [0.717, 1.165) is 0 Å². The molecule has 3 aliphatic rings. The summed E-state index contributed by atoms with van der Waals surface area (Å²) < 4.78 is 29.8. The normalized spacial score (nSPS) is 29.6. The Kier molecular flexibility index (Phi) is 15.4. The van der Waals surface area contributed by atoms with E-state index >= 15 is 0 Å². The number of rotatable bonds is 8. The first-order chi connectivity index (χ1) is 28.1. The van der Waals surface area contributed by atoms with E-state index in [0.29, 0.717) is 13.0 Å². The van der Waals surface area contributed by atoms with Gasteiger partial charge in [0.05, 0.1) is 41.2 Å². The summed E-state index contributed by atoms with van der Waals surface area (Å²) in [5.74, 6) is -8.16. The van der Waals surface area contributed by atoms with Crippen LogP contribution in [-0.2, 0) is 28.6 Å². The topological polar surface area (TPSA) is 214 Å². The number of amides is 2. The van der Waals surface area contributed by atoms with Gasteiger partial charge in [0.15, 0.2) is 12.4 Å². The van der Waals surface area contributed by atoms with Gasteiger partial charge in [-0.25, -0.2) is 5.01 Å². The summed E-state index contributed by atoms with van der Waals surface area (Å²) in [6, 6.07) is 1.26. The molecule has 0 radical (unpaired) electrons. The number of nitrogens with zero attached hydrogens (tertiary/aromatic N) is 2. The zero-order valence-corrected chi connectivity index (χ0v) is 36.6. The number of anilines is 1. The standard InChI is InChI=1S/C44H61N3O13/c1-13-18-47(46(10)11)32(49)21-57-31-20-29-39(53)34-33(31)35-41(27(7)38(34)52)60-44(9,42(35)54)58-19-17-30(56-12)24(4)40(59-28(8)48)26(6)37(51)25(5)36(50)22(2)15-14-16-23(3)43(55)45-29/h14-17,19-20,22,24-26,30,36-37,40,50-53H,13,18,21H2,1-12H3,(H,45,55)/b15-14+,19-17+,23-16-/t22-,24+,25+,26+,30-,36-,37+,40+,44-/m0/s1. The third-order valence-electron chi connectivity index (χ3n) is 11.4. The average Bonchev–Trinajstić information content (AvgIpc) is 3.46. The molecule has 0 unspecified atom stereocenters. The van der Waals surface area contributed by atoms with Crippen LogP contribution in [0, 0.1) is 30.6 Å². The fourth-order valence-electron chi connectivity index (χ4n) is 7.72. The lowest BCUT2D eigenvalue weighted by Crippen LogP contribution is -2.46. The fraction of sp³-hybridized carbons (Fsp3) is 0.545. The first-order valence-electron chi connectivity index (χ1n) is 20.1. The maximum atomic E-state index is 14.5. The Morgan fingerprint density at radius 3 is 2.23 bits per heavy atom. The smallest absolute Gasteiger partial charge is 0.312 e. The Labute approximate surface area is 351 Å². The van der Waals surface area contributed by atoms with Crippen molar-refractivity contribution in [3.8, 4) is 23.0 Å². The number of methoxy groups -OCH3 is 1. The number of carbonyl (C=O) groups excluding carboxylic acids is 4. The molecule has 0 saturated heterocycles.